The van der Waals surface area contributed by atoms with E-state index in [4.69, 9.17) is 25.7 Å². The van der Waals surface area contributed by atoms with Crippen molar-refractivity contribution in [2.75, 3.05) is 17.8 Å². The predicted molar refractivity (Wildman–Crippen MR) is 72.0 cm³/mol. The van der Waals surface area contributed by atoms with E-state index in [9.17, 15) is 14.2 Å². The minimum Gasteiger partial charge on any atom is -0.480 e. The van der Waals surface area contributed by atoms with Crippen molar-refractivity contribution < 1.29 is 34.2 Å². The first-order valence-electron chi connectivity index (χ1n) is 4.87. The fourth-order valence-corrected chi connectivity index (χ4v) is 3.52. The van der Waals surface area contributed by atoms with Gasteiger partial charge in [-0.15, -0.1) is 0 Å². The Morgan fingerprint density at radius 3 is 2.11 bits per heavy atom. The third kappa shape index (κ3) is 10.2. The van der Waals surface area contributed by atoms with Crippen LogP contribution in [0.4, 0.5) is 0 Å². The molecule has 9 nitrogen and oxygen atoms in total. The van der Waals surface area contributed by atoms with Crippen molar-refractivity contribution in [3.63, 3.8) is 0 Å². The molecule has 2 atom stereocenters. The van der Waals surface area contributed by atoms with E-state index >= 15 is 0 Å². The van der Waals surface area contributed by atoms with Crippen LogP contribution in [0.25, 0.3) is 0 Å². The van der Waals surface area contributed by atoms with Crippen molar-refractivity contribution in [3.05, 3.63) is 0 Å². The van der Waals surface area contributed by atoms with Gasteiger partial charge in [0.2, 0.25) is 0 Å². The molecule has 0 aliphatic rings. The fourth-order valence-electron chi connectivity index (χ4n) is 0.755. The van der Waals surface area contributed by atoms with Crippen LogP contribution in [0.15, 0.2) is 0 Å². The molecule has 0 radical (unpaired) electrons. The predicted octanol–water partition coefficient (Wildman–Crippen LogP) is -1.04. The van der Waals surface area contributed by atoms with E-state index < -0.39 is 37.9 Å². The Kier molecular flexibility index (Phi) is 8.66. The first-order valence-corrected chi connectivity index (χ1v) is 9.15. The molecule has 0 saturated heterocycles. The number of carboxylic acids is 2. The minimum absolute atomic E-state index is 0.0202. The number of nitrogens with one attached hydrogen (secondary N) is 1. The zero-order chi connectivity index (χ0) is 15.1. The molecule has 0 aliphatic carbocycles. The summed E-state index contributed by atoms with van der Waals surface area (Å²) in [7, 11) is -2.17. The van der Waals surface area contributed by atoms with E-state index in [1.165, 1.54) is 0 Å². The molecule has 0 aromatic rings. The number of hydrogen-bond donors (Lipinski definition) is 6. The molecule has 0 rings (SSSR count). The molecule has 0 saturated carbocycles. The SMILES string of the molecule is NC(CSSC[C@H](NCP(=O)(O)O)C(=O)O)C(=O)O. The van der Waals surface area contributed by atoms with Crippen LogP contribution in [0, 0.1) is 0 Å². The molecule has 0 amide bonds. The smallest absolute Gasteiger partial charge is 0.339 e. The third-order valence-electron chi connectivity index (χ3n) is 1.72. The highest BCUT2D eigenvalue weighted by Gasteiger charge is 2.22. The summed E-state index contributed by atoms with van der Waals surface area (Å²) in [6.45, 7) is 0. The number of hydrogen-bond acceptors (Lipinski definition) is 7. The van der Waals surface area contributed by atoms with Gasteiger partial charge in [-0.1, -0.05) is 21.6 Å². The highest BCUT2D eigenvalue weighted by Crippen LogP contribution is 2.32. The highest BCUT2D eigenvalue weighted by molar-refractivity contribution is 8.76. The van der Waals surface area contributed by atoms with Gasteiger partial charge in [-0.3, -0.25) is 19.5 Å². The summed E-state index contributed by atoms with van der Waals surface area (Å²) >= 11 is 0. The summed E-state index contributed by atoms with van der Waals surface area (Å²) in [6.07, 6.45) is -0.732. The maximum absolute atomic E-state index is 10.8. The van der Waals surface area contributed by atoms with Crippen LogP contribution in [-0.4, -0.2) is 61.8 Å². The quantitative estimate of drug-likeness (QED) is 0.164. The molecule has 0 spiro atoms. The summed E-state index contributed by atoms with van der Waals surface area (Å²) in [5.41, 5.74) is 5.24. The molecule has 112 valence electrons. The summed E-state index contributed by atoms with van der Waals surface area (Å²) in [6, 6.07) is -2.17. The molecule has 0 bridgehead atoms. The molecule has 0 aliphatic heterocycles. The van der Waals surface area contributed by atoms with E-state index in [0.29, 0.717) is 0 Å². The second kappa shape index (κ2) is 8.80. The van der Waals surface area contributed by atoms with Crippen molar-refractivity contribution in [3.8, 4) is 0 Å². The van der Waals surface area contributed by atoms with Crippen LogP contribution < -0.4 is 11.1 Å². The minimum atomic E-state index is -4.32. The molecule has 0 aromatic heterocycles. The number of carboxylic acid groups (broad SMARTS) is 2. The van der Waals surface area contributed by atoms with Gasteiger partial charge in [-0.25, -0.2) is 0 Å². The molecule has 12 heteroatoms. The van der Waals surface area contributed by atoms with Gasteiger partial charge in [0, 0.05) is 11.5 Å². The van der Waals surface area contributed by atoms with Crippen molar-refractivity contribution in [1.82, 2.24) is 5.32 Å². The van der Waals surface area contributed by atoms with Crippen LogP contribution in [-0.2, 0) is 14.2 Å². The topological polar surface area (TPSA) is 170 Å². The van der Waals surface area contributed by atoms with Gasteiger partial charge in [-0.05, 0) is 0 Å². The Bertz CT molecular complexity index is 363. The highest BCUT2D eigenvalue weighted by atomic mass is 33.1. The summed E-state index contributed by atoms with van der Waals surface area (Å²) in [5, 5.41) is 19.5. The van der Waals surface area contributed by atoms with Crippen LogP contribution >= 0.6 is 29.2 Å². The number of carbonyl (C=O) groups is 2. The standard InChI is InChI=1S/C7H15N2O7PS2/c8-4(6(10)11)1-18-19-2-5(7(12)13)9-3-17(14,15)16/h4-5,9H,1-3,8H2,(H,10,11)(H,12,13)(H2,14,15,16)/t4?,5-/m0/s1. The lowest BCUT2D eigenvalue weighted by Crippen LogP contribution is -2.39. The van der Waals surface area contributed by atoms with Gasteiger partial charge in [0.1, 0.15) is 12.1 Å². The molecule has 0 heterocycles. The van der Waals surface area contributed by atoms with Gasteiger partial charge in [0.05, 0.1) is 6.29 Å². The van der Waals surface area contributed by atoms with Gasteiger partial charge in [0.25, 0.3) is 0 Å². The number of nitrogens with two attached hydrogens (primary N) is 1. The maximum atomic E-state index is 10.8. The third-order valence-corrected chi connectivity index (χ3v) is 4.77. The molecular weight excluding hydrogens is 319 g/mol. The Hall–Kier alpha value is -0.290. The Morgan fingerprint density at radius 2 is 1.68 bits per heavy atom. The number of aliphatic carboxylic acids is 2. The summed E-state index contributed by atoms with van der Waals surface area (Å²) in [5.74, 6) is -2.27. The van der Waals surface area contributed by atoms with E-state index in [-0.39, 0.29) is 11.5 Å². The molecule has 1 unspecified atom stereocenters. The van der Waals surface area contributed by atoms with Gasteiger partial charge < -0.3 is 25.7 Å². The van der Waals surface area contributed by atoms with Gasteiger partial charge >= 0.3 is 19.5 Å². The lowest BCUT2D eigenvalue weighted by atomic mass is 10.3. The van der Waals surface area contributed by atoms with Gasteiger partial charge in [0.15, 0.2) is 0 Å². The summed E-state index contributed by atoms with van der Waals surface area (Å²) < 4.78 is 10.6. The Labute approximate surface area is 116 Å². The summed E-state index contributed by atoms with van der Waals surface area (Å²) in [4.78, 5) is 38.4. The van der Waals surface area contributed by atoms with E-state index in [1.807, 2.05) is 0 Å². The lowest BCUT2D eigenvalue weighted by molar-refractivity contribution is -0.139. The molecule has 0 fully saturated rings. The average molecular weight is 334 g/mol. The van der Waals surface area contributed by atoms with Gasteiger partial charge in [-0.2, -0.15) is 0 Å². The fraction of sp³-hybridized carbons (Fsp3) is 0.714. The average Bonchev–Trinajstić information content (AvgIpc) is 2.25. The van der Waals surface area contributed by atoms with E-state index in [0.717, 1.165) is 21.6 Å². The van der Waals surface area contributed by atoms with Crippen LogP contribution in [0.3, 0.4) is 0 Å². The molecular formula is C7H15N2O7PS2. The molecule has 19 heavy (non-hydrogen) atoms. The zero-order valence-electron chi connectivity index (χ0n) is 9.63. The Morgan fingerprint density at radius 1 is 1.16 bits per heavy atom. The normalized spacial score (nSPS) is 14.9. The first-order chi connectivity index (χ1) is 8.63. The zero-order valence-corrected chi connectivity index (χ0v) is 12.2. The van der Waals surface area contributed by atoms with E-state index in [1.54, 1.807) is 0 Å². The largest absolute Gasteiger partial charge is 0.480 e. The molecule has 0 aromatic carbocycles. The Balaban J connectivity index is 3.99. The van der Waals surface area contributed by atoms with Crippen molar-refractivity contribution in [1.29, 1.82) is 0 Å². The maximum Gasteiger partial charge on any atom is 0.339 e. The monoisotopic (exact) mass is 334 g/mol. The second-order valence-electron chi connectivity index (χ2n) is 3.43. The lowest BCUT2D eigenvalue weighted by Gasteiger charge is -2.14. The molecule has 7 N–H and O–H groups in total. The van der Waals surface area contributed by atoms with Crippen molar-refractivity contribution in [2.45, 2.75) is 12.1 Å². The van der Waals surface area contributed by atoms with Crippen molar-refractivity contribution >= 4 is 41.1 Å². The number of rotatable bonds is 10. The second-order valence-corrected chi connectivity index (χ2v) is 7.63. The van der Waals surface area contributed by atoms with E-state index in [2.05, 4.69) is 5.32 Å². The van der Waals surface area contributed by atoms with Crippen molar-refractivity contribution in [2.24, 2.45) is 5.73 Å². The van der Waals surface area contributed by atoms with Crippen LogP contribution in [0.1, 0.15) is 0 Å². The first kappa shape index (κ1) is 18.7. The van der Waals surface area contributed by atoms with Crippen LogP contribution in [0.2, 0.25) is 0 Å². The van der Waals surface area contributed by atoms with Crippen LogP contribution in [0.5, 0.6) is 0 Å².